The van der Waals surface area contributed by atoms with E-state index in [9.17, 15) is 0 Å². The molecule has 0 atom stereocenters. The van der Waals surface area contributed by atoms with Crippen molar-refractivity contribution in [1.82, 2.24) is 0 Å². The van der Waals surface area contributed by atoms with E-state index in [1.165, 1.54) is 0 Å². The summed E-state index contributed by atoms with van der Waals surface area (Å²) in [6, 6.07) is 0. The molecule has 0 aliphatic rings. The van der Waals surface area contributed by atoms with Crippen LogP contribution in [0.4, 0.5) is 0 Å². The summed E-state index contributed by atoms with van der Waals surface area (Å²) in [7, 11) is 2.56. The van der Waals surface area contributed by atoms with Crippen LogP contribution >= 0.6 is 8.02 Å². The van der Waals surface area contributed by atoms with Gasteiger partial charge in [-0.2, -0.15) is 0 Å². The second-order valence-corrected chi connectivity index (χ2v) is 0. The van der Waals surface area contributed by atoms with Crippen molar-refractivity contribution >= 4 is 44.2 Å². The van der Waals surface area contributed by atoms with Crippen molar-refractivity contribution in [1.29, 1.82) is 0 Å². The van der Waals surface area contributed by atoms with Crippen molar-refractivity contribution in [3.8, 4) is 0 Å². The number of rotatable bonds is 0. The molecule has 0 aliphatic heterocycles. The summed E-state index contributed by atoms with van der Waals surface area (Å²) >= 11 is 3.89. The van der Waals surface area contributed by atoms with Gasteiger partial charge in [0.1, 0.15) is 0 Å². The predicted molar refractivity (Wildman–Crippen MR) is 25.3 cm³/mol. The molecule has 0 bridgehead atoms. The molecule has 0 aromatic rings. The van der Waals surface area contributed by atoms with E-state index in [2.05, 4.69) is 19.8 Å². The summed E-state index contributed by atoms with van der Waals surface area (Å²) in [4.78, 5) is 0. The Kier molecular flexibility index (Phi) is 85.6. The standard InChI is InChI=1S/Li.HPS.Sb.3H/c;1-2;;;;/h;1H;;;;/q+1;;;;;-1. The van der Waals surface area contributed by atoms with Gasteiger partial charge >= 0.3 is 43.3 Å². The molecule has 0 heterocycles. The van der Waals surface area contributed by atoms with Crippen molar-refractivity contribution in [3.05, 3.63) is 0 Å². The fourth-order valence-corrected chi connectivity index (χ4v) is 0. The average molecular weight is 196 g/mol. The molecule has 0 saturated carbocycles. The zero-order chi connectivity index (χ0) is 2.00. The Morgan fingerprint density at radius 2 is 1.50 bits per heavy atom. The molecule has 0 unspecified atom stereocenters. The molecule has 0 spiro atoms. The summed E-state index contributed by atoms with van der Waals surface area (Å²) in [5.74, 6) is 0. The fraction of sp³-hybridized carbons (Fsp3) is 0. The molecule has 0 aromatic carbocycles. The van der Waals surface area contributed by atoms with Crippen LogP contribution in [-0.4, -0.2) is 24.4 Å². The zero-order valence-corrected chi connectivity index (χ0v) is 7.60. The molecular formula is H4LiPSSb. The van der Waals surface area contributed by atoms with E-state index in [4.69, 9.17) is 0 Å². The van der Waals surface area contributed by atoms with Crippen LogP contribution in [0, 0.1) is 0 Å². The van der Waals surface area contributed by atoms with Crippen LogP contribution in [0.1, 0.15) is 1.43 Å². The summed E-state index contributed by atoms with van der Waals surface area (Å²) in [5.41, 5.74) is 0. The summed E-state index contributed by atoms with van der Waals surface area (Å²) in [6.07, 6.45) is 0. The second kappa shape index (κ2) is 20.4. The van der Waals surface area contributed by atoms with Crippen LogP contribution in [0.25, 0.3) is 0 Å². The molecule has 4 heteroatoms. The molecule has 0 amide bonds. The normalized spacial score (nSPS) is 1.00. The van der Waals surface area contributed by atoms with Crippen LogP contribution in [0.15, 0.2) is 0 Å². The molecule has 21 valence electrons. The molecule has 0 fully saturated rings. The maximum atomic E-state index is 3.89. The summed E-state index contributed by atoms with van der Waals surface area (Å²) in [6.45, 7) is 0. The Labute approximate surface area is 64.1 Å². The van der Waals surface area contributed by atoms with Crippen LogP contribution in [-0.2, 0) is 11.8 Å². The van der Waals surface area contributed by atoms with Gasteiger partial charge in [-0.3, -0.25) is 0 Å². The minimum absolute atomic E-state index is 0. The van der Waals surface area contributed by atoms with E-state index in [1.54, 1.807) is 0 Å². The van der Waals surface area contributed by atoms with Gasteiger partial charge in [0.25, 0.3) is 0 Å². The molecular weight excluding hydrogens is 192 g/mol. The van der Waals surface area contributed by atoms with Gasteiger partial charge in [-0.05, 0) is 8.02 Å². The van der Waals surface area contributed by atoms with Gasteiger partial charge in [-0.25, -0.2) is 0 Å². The zero-order valence-electron chi connectivity index (χ0n) is 3.49. The quantitative estimate of drug-likeness (QED) is 0.290. The molecule has 0 nitrogen and oxygen atoms in total. The Balaban J connectivity index is -0.00000000167. The Morgan fingerprint density at radius 3 is 1.50 bits per heavy atom. The van der Waals surface area contributed by atoms with Crippen molar-refractivity contribution < 1.29 is 20.3 Å². The molecule has 0 N–H and O–H groups in total. The van der Waals surface area contributed by atoms with Gasteiger partial charge in [0.05, 0.1) is 0 Å². The third kappa shape index (κ3) is 9.05. The van der Waals surface area contributed by atoms with Gasteiger partial charge in [-0.1, -0.05) is 11.8 Å². The Hall–Kier alpha value is 1.94. The van der Waals surface area contributed by atoms with Crippen molar-refractivity contribution in [2.24, 2.45) is 0 Å². The van der Waals surface area contributed by atoms with Gasteiger partial charge in [-0.15, -0.1) is 0 Å². The molecule has 0 aromatic heterocycles. The van der Waals surface area contributed by atoms with Crippen LogP contribution < -0.4 is 18.9 Å². The molecule has 0 saturated heterocycles. The average Bonchev–Trinajstić information content (AvgIpc) is 1.00. The number of hydrogen-bond acceptors (Lipinski definition) is 1. The third-order valence-corrected chi connectivity index (χ3v) is 0. The third-order valence-electron chi connectivity index (χ3n) is 0. The van der Waals surface area contributed by atoms with E-state index in [0.29, 0.717) is 0 Å². The molecule has 0 aliphatic carbocycles. The SMILES string of the molecule is P=S.[H-].[Li+].[SbH2]. The van der Waals surface area contributed by atoms with E-state index < -0.39 is 0 Å². The second-order valence-electron chi connectivity index (χ2n) is 0. The first-order chi connectivity index (χ1) is 1.00. The van der Waals surface area contributed by atoms with E-state index in [-0.39, 0.29) is 44.7 Å². The van der Waals surface area contributed by atoms with Gasteiger partial charge in [0.15, 0.2) is 0 Å². The van der Waals surface area contributed by atoms with E-state index in [0.717, 1.165) is 0 Å². The monoisotopic (exact) mass is 195 g/mol. The fourth-order valence-electron chi connectivity index (χ4n) is 0. The minimum atomic E-state index is 0. The first-order valence-corrected chi connectivity index (χ1v) is 1.84. The summed E-state index contributed by atoms with van der Waals surface area (Å²) in [5, 5.41) is 0. The Morgan fingerprint density at radius 1 is 1.50 bits per heavy atom. The van der Waals surface area contributed by atoms with E-state index >= 15 is 0 Å². The van der Waals surface area contributed by atoms with Crippen LogP contribution in [0.2, 0.25) is 0 Å². The van der Waals surface area contributed by atoms with Crippen LogP contribution in [0.5, 0.6) is 0 Å². The van der Waals surface area contributed by atoms with Crippen molar-refractivity contribution in [2.45, 2.75) is 0 Å². The van der Waals surface area contributed by atoms with Gasteiger partial charge < -0.3 is 1.43 Å². The maximum absolute atomic E-state index is 3.89. The van der Waals surface area contributed by atoms with Crippen molar-refractivity contribution in [3.63, 3.8) is 0 Å². The van der Waals surface area contributed by atoms with Gasteiger partial charge in [0, 0.05) is 0 Å². The van der Waals surface area contributed by atoms with Crippen molar-refractivity contribution in [2.75, 3.05) is 0 Å². The predicted octanol–water partition coefficient (Wildman–Crippen LogP) is -3.21. The van der Waals surface area contributed by atoms with Gasteiger partial charge in [0.2, 0.25) is 0 Å². The molecule has 0 rings (SSSR count). The van der Waals surface area contributed by atoms with E-state index in [1.807, 2.05) is 0 Å². The molecule has 1 radical (unpaired) electrons. The molecule has 4 heavy (non-hydrogen) atoms. The summed E-state index contributed by atoms with van der Waals surface area (Å²) < 4.78 is 0. The van der Waals surface area contributed by atoms with Crippen LogP contribution in [0.3, 0.4) is 0 Å². The topological polar surface area (TPSA) is 0 Å². The Bertz CT molecular complexity index is 11.6. The first kappa shape index (κ1) is 16.8. The number of hydrogen-bond donors (Lipinski definition) is 0. The first-order valence-electron chi connectivity index (χ1n) is 0.204.